The molecule has 31 heavy (non-hydrogen) atoms. The van der Waals surface area contributed by atoms with Crippen LogP contribution in [0.3, 0.4) is 0 Å². The number of hydrogen-bond acceptors (Lipinski definition) is 6. The summed E-state index contributed by atoms with van der Waals surface area (Å²) in [6, 6.07) is 12.2. The molecule has 3 rings (SSSR count). The van der Waals surface area contributed by atoms with Crippen molar-refractivity contribution in [3.63, 3.8) is 0 Å². The average molecular weight is 445 g/mol. The molecule has 2 aromatic carbocycles. The number of primary amides is 1. The van der Waals surface area contributed by atoms with Crippen LogP contribution >= 0.6 is 0 Å². The summed E-state index contributed by atoms with van der Waals surface area (Å²) in [7, 11) is -3.69. The molecule has 0 saturated heterocycles. The molecule has 10 heteroatoms. The van der Waals surface area contributed by atoms with E-state index in [-0.39, 0.29) is 29.2 Å². The molecule has 0 unspecified atom stereocenters. The highest BCUT2D eigenvalue weighted by molar-refractivity contribution is 7.90. The smallest absolute Gasteiger partial charge is 0.263 e. The minimum absolute atomic E-state index is 0.136. The third kappa shape index (κ3) is 5.21. The number of carbonyl (C=O) groups excluding carboxylic acids is 2. The number of sulfonamides is 1. The molecule has 0 radical (unpaired) electrons. The summed E-state index contributed by atoms with van der Waals surface area (Å²) in [5.74, 6) is -0.491. The monoisotopic (exact) mass is 444 g/mol. The number of nitrogens with zero attached hydrogens (tertiary/aromatic N) is 1. The quantitative estimate of drug-likeness (QED) is 0.568. The van der Waals surface area contributed by atoms with Gasteiger partial charge in [0.15, 0.2) is 6.61 Å². The fourth-order valence-electron chi connectivity index (χ4n) is 3.04. The van der Waals surface area contributed by atoms with E-state index in [1.165, 1.54) is 6.07 Å². The maximum Gasteiger partial charge on any atom is 0.263 e. The van der Waals surface area contributed by atoms with Crippen LogP contribution in [0.1, 0.15) is 25.8 Å². The van der Waals surface area contributed by atoms with Crippen molar-refractivity contribution in [1.29, 1.82) is 0 Å². The molecule has 0 saturated carbocycles. The number of anilines is 1. The minimum Gasteiger partial charge on any atom is -0.484 e. The highest BCUT2D eigenvalue weighted by Crippen LogP contribution is 2.24. The van der Waals surface area contributed by atoms with Crippen LogP contribution < -0.4 is 20.5 Å². The highest BCUT2D eigenvalue weighted by Gasteiger charge is 2.33. The van der Waals surface area contributed by atoms with Gasteiger partial charge in [0.05, 0.1) is 4.90 Å². The number of fused-ring (bicyclic) bond motifs is 1. The van der Waals surface area contributed by atoms with Gasteiger partial charge in [0.2, 0.25) is 5.91 Å². The SMILES string of the molecule is CC[C@H](C)[C@H](N=C1NS(=O)(=O)c2ccccc21)C(=O)Nc1ccc(OCC(N)=O)cc1. The second-order valence-electron chi connectivity index (χ2n) is 7.18. The zero-order chi connectivity index (χ0) is 22.6. The van der Waals surface area contributed by atoms with Crippen LogP contribution in [-0.2, 0) is 19.6 Å². The van der Waals surface area contributed by atoms with Gasteiger partial charge in [0.25, 0.3) is 15.9 Å². The third-order valence-electron chi connectivity index (χ3n) is 4.89. The van der Waals surface area contributed by atoms with Gasteiger partial charge in [0, 0.05) is 11.3 Å². The highest BCUT2D eigenvalue weighted by atomic mass is 32.2. The summed E-state index contributed by atoms with van der Waals surface area (Å²) in [5.41, 5.74) is 6.00. The van der Waals surface area contributed by atoms with Crippen LogP contribution in [0.5, 0.6) is 5.75 Å². The zero-order valence-corrected chi connectivity index (χ0v) is 18.0. The van der Waals surface area contributed by atoms with Gasteiger partial charge in [-0.2, -0.15) is 0 Å². The lowest BCUT2D eigenvalue weighted by atomic mass is 9.98. The maximum atomic E-state index is 13.0. The number of amidine groups is 1. The lowest BCUT2D eigenvalue weighted by Gasteiger charge is -2.19. The molecule has 0 aliphatic carbocycles. The Morgan fingerprint density at radius 2 is 1.84 bits per heavy atom. The van der Waals surface area contributed by atoms with Gasteiger partial charge in [-0.15, -0.1) is 0 Å². The topological polar surface area (TPSA) is 140 Å². The van der Waals surface area contributed by atoms with Crippen molar-refractivity contribution >= 4 is 33.4 Å². The van der Waals surface area contributed by atoms with E-state index in [9.17, 15) is 18.0 Å². The number of ether oxygens (including phenoxy) is 1. The number of nitrogens with one attached hydrogen (secondary N) is 2. The Balaban J connectivity index is 1.81. The molecule has 0 aromatic heterocycles. The summed E-state index contributed by atoms with van der Waals surface area (Å²) in [6.45, 7) is 3.57. The van der Waals surface area contributed by atoms with E-state index in [4.69, 9.17) is 10.5 Å². The Hall–Kier alpha value is -3.40. The first kappa shape index (κ1) is 22.3. The number of hydrogen-bond donors (Lipinski definition) is 3. The van der Waals surface area contributed by atoms with Crippen LogP contribution in [0, 0.1) is 5.92 Å². The molecule has 4 N–H and O–H groups in total. The van der Waals surface area contributed by atoms with Gasteiger partial charge in [-0.05, 0) is 42.3 Å². The van der Waals surface area contributed by atoms with Crippen molar-refractivity contribution in [3.05, 3.63) is 54.1 Å². The van der Waals surface area contributed by atoms with Crippen molar-refractivity contribution in [2.75, 3.05) is 11.9 Å². The van der Waals surface area contributed by atoms with Crippen LogP contribution in [0.25, 0.3) is 0 Å². The van der Waals surface area contributed by atoms with Gasteiger partial charge >= 0.3 is 0 Å². The Bertz CT molecular complexity index is 1110. The zero-order valence-electron chi connectivity index (χ0n) is 17.2. The summed E-state index contributed by atoms with van der Waals surface area (Å²) in [4.78, 5) is 28.4. The minimum atomic E-state index is -3.69. The number of carbonyl (C=O) groups is 2. The molecule has 1 aliphatic rings. The van der Waals surface area contributed by atoms with Gasteiger partial charge in [-0.25, -0.2) is 8.42 Å². The third-order valence-corrected chi connectivity index (χ3v) is 6.28. The van der Waals surface area contributed by atoms with E-state index in [1.807, 2.05) is 13.8 Å². The lowest BCUT2D eigenvalue weighted by Crippen LogP contribution is -2.34. The summed E-state index contributed by atoms with van der Waals surface area (Å²) >= 11 is 0. The average Bonchev–Trinajstić information content (AvgIpc) is 3.01. The van der Waals surface area contributed by atoms with Gasteiger partial charge in [-0.1, -0.05) is 32.4 Å². The molecule has 0 bridgehead atoms. The molecule has 2 amide bonds. The predicted molar refractivity (Wildman–Crippen MR) is 116 cm³/mol. The number of aliphatic imine (C=N–C) groups is 1. The first-order valence-electron chi connectivity index (χ1n) is 9.73. The van der Waals surface area contributed by atoms with Crippen molar-refractivity contribution in [3.8, 4) is 5.75 Å². The van der Waals surface area contributed by atoms with Gasteiger partial charge in [-0.3, -0.25) is 19.3 Å². The van der Waals surface area contributed by atoms with Crippen LogP contribution in [0.15, 0.2) is 58.4 Å². The molecule has 1 heterocycles. The standard InChI is InChI=1S/C21H24N4O5S/c1-3-13(2)19(24-20-16-6-4-5-7-17(16)31(28,29)25-20)21(27)23-14-8-10-15(11-9-14)30-12-18(22)26/h4-11,13,19H,3,12H2,1-2H3,(H2,22,26)(H,23,27)(H,24,25)/t13-,19-/m0/s1. The molecule has 2 atom stereocenters. The van der Waals surface area contributed by atoms with Crippen molar-refractivity contribution < 1.29 is 22.7 Å². The second-order valence-corrected chi connectivity index (χ2v) is 8.83. The molecule has 9 nitrogen and oxygen atoms in total. The second kappa shape index (κ2) is 9.17. The lowest BCUT2D eigenvalue weighted by molar-refractivity contribution is -0.120. The van der Waals surface area contributed by atoms with E-state index in [0.29, 0.717) is 23.4 Å². The molecule has 0 fully saturated rings. The van der Waals surface area contributed by atoms with Crippen molar-refractivity contribution in [1.82, 2.24) is 4.72 Å². The summed E-state index contributed by atoms with van der Waals surface area (Å²) in [5, 5.41) is 2.80. The van der Waals surface area contributed by atoms with E-state index >= 15 is 0 Å². The summed E-state index contributed by atoms with van der Waals surface area (Å²) in [6.07, 6.45) is 0.670. The van der Waals surface area contributed by atoms with Crippen LogP contribution in [0.4, 0.5) is 5.69 Å². The molecular weight excluding hydrogens is 420 g/mol. The Kier molecular flexibility index (Phi) is 6.59. The van der Waals surface area contributed by atoms with E-state index in [0.717, 1.165) is 0 Å². The van der Waals surface area contributed by atoms with Crippen LogP contribution in [0.2, 0.25) is 0 Å². The fraction of sp³-hybridized carbons (Fsp3) is 0.286. The van der Waals surface area contributed by atoms with Crippen molar-refractivity contribution in [2.24, 2.45) is 16.6 Å². The van der Waals surface area contributed by atoms with E-state index in [2.05, 4.69) is 15.0 Å². The number of rotatable bonds is 8. The summed E-state index contributed by atoms with van der Waals surface area (Å²) < 4.78 is 32.3. The first-order chi connectivity index (χ1) is 14.7. The first-order valence-corrected chi connectivity index (χ1v) is 11.2. The largest absolute Gasteiger partial charge is 0.484 e. The number of amides is 2. The van der Waals surface area contributed by atoms with E-state index < -0.39 is 22.0 Å². The van der Waals surface area contributed by atoms with Gasteiger partial charge < -0.3 is 15.8 Å². The normalized spacial score (nSPS) is 17.3. The fourth-order valence-corrected chi connectivity index (χ4v) is 4.28. The maximum absolute atomic E-state index is 13.0. The van der Waals surface area contributed by atoms with Gasteiger partial charge in [0.1, 0.15) is 17.6 Å². The molecule has 1 aliphatic heterocycles. The number of nitrogens with two attached hydrogens (primary N) is 1. The number of benzene rings is 2. The molecule has 0 spiro atoms. The Morgan fingerprint density at radius 1 is 1.16 bits per heavy atom. The molecule has 2 aromatic rings. The Morgan fingerprint density at radius 3 is 2.48 bits per heavy atom. The van der Waals surface area contributed by atoms with Crippen LogP contribution in [-0.4, -0.2) is 38.7 Å². The predicted octanol–water partition coefficient (Wildman–Crippen LogP) is 1.64. The van der Waals surface area contributed by atoms with Crippen molar-refractivity contribution in [2.45, 2.75) is 31.2 Å². The molecular formula is C21H24N4O5S. The van der Waals surface area contributed by atoms with E-state index in [1.54, 1.807) is 42.5 Å². The Labute approximate surface area is 180 Å². The molecule has 164 valence electrons.